The molecule has 2 aromatic rings. The third-order valence-electron chi connectivity index (χ3n) is 6.69. The Morgan fingerprint density at radius 3 is 2.54 bits per heavy atom. The summed E-state index contributed by atoms with van der Waals surface area (Å²) in [5.41, 5.74) is 7.46. The highest BCUT2D eigenvalue weighted by atomic mass is 16.5. The van der Waals surface area contributed by atoms with Crippen LogP contribution in [0.3, 0.4) is 0 Å². The number of fused-ring (bicyclic) bond motifs is 1. The van der Waals surface area contributed by atoms with Gasteiger partial charge in [0.25, 0.3) is 0 Å². The Bertz CT molecular complexity index is 865. The molecule has 2 N–H and O–H groups in total. The molecule has 2 aliphatic rings. The summed E-state index contributed by atoms with van der Waals surface area (Å²) in [6.07, 6.45) is 8.32. The number of anilines is 1. The van der Waals surface area contributed by atoms with Gasteiger partial charge in [0, 0.05) is 6.54 Å². The third-order valence-corrected chi connectivity index (χ3v) is 6.69. The fourth-order valence-electron chi connectivity index (χ4n) is 4.48. The lowest BCUT2D eigenvalue weighted by Gasteiger charge is -2.30. The number of nitrogens with two attached hydrogens (primary N) is 1. The monoisotopic (exact) mass is 385 g/mol. The Kier molecular flexibility index (Phi) is 5.25. The van der Waals surface area contributed by atoms with Gasteiger partial charge in [-0.15, -0.1) is 0 Å². The minimum Gasteiger partial charge on any atom is -0.456 e. The molecule has 7 heteroatoms. The van der Waals surface area contributed by atoms with E-state index in [0.29, 0.717) is 23.3 Å². The van der Waals surface area contributed by atoms with Gasteiger partial charge in [0.1, 0.15) is 17.4 Å². The van der Waals surface area contributed by atoms with Crippen LogP contribution in [0.2, 0.25) is 0 Å². The number of carbonyl (C=O) groups excluding carboxylic acids is 1. The predicted octanol–water partition coefficient (Wildman–Crippen LogP) is 3.89. The summed E-state index contributed by atoms with van der Waals surface area (Å²) in [5.74, 6) is 2.56. The lowest BCUT2D eigenvalue weighted by molar-refractivity contribution is 0.00539. The molecule has 2 aliphatic carbocycles. The molecule has 0 amide bonds. The van der Waals surface area contributed by atoms with Crippen LogP contribution < -0.4 is 5.73 Å². The van der Waals surface area contributed by atoms with E-state index in [1.807, 2.05) is 13.8 Å². The van der Waals surface area contributed by atoms with E-state index in [1.165, 1.54) is 32.1 Å². The molecular formula is C21H31N5O2. The number of ether oxygens (including phenoxy) is 1. The van der Waals surface area contributed by atoms with Crippen LogP contribution in [-0.2, 0) is 11.3 Å². The molecule has 2 saturated carbocycles. The zero-order chi connectivity index (χ0) is 19.8. The molecule has 28 heavy (non-hydrogen) atoms. The summed E-state index contributed by atoms with van der Waals surface area (Å²) in [6.45, 7) is 7.11. The van der Waals surface area contributed by atoms with E-state index in [9.17, 15) is 4.79 Å². The summed E-state index contributed by atoms with van der Waals surface area (Å²) < 4.78 is 7.68. The molecule has 2 aromatic heterocycles. The van der Waals surface area contributed by atoms with E-state index in [-0.39, 0.29) is 11.9 Å². The van der Waals surface area contributed by atoms with Gasteiger partial charge in [0.15, 0.2) is 11.5 Å². The van der Waals surface area contributed by atoms with E-state index in [1.54, 1.807) is 0 Å². The number of hydrogen-bond donors (Lipinski definition) is 1. The topological polar surface area (TPSA) is 95.9 Å². The van der Waals surface area contributed by atoms with Crippen molar-refractivity contribution < 1.29 is 9.53 Å². The maximum Gasteiger partial charge on any atom is 0.376 e. The first kappa shape index (κ1) is 19.2. The van der Waals surface area contributed by atoms with Crippen molar-refractivity contribution >= 4 is 23.0 Å². The second kappa shape index (κ2) is 7.68. The van der Waals surface area contributed by atoms with Gasteiger partial charge in [-0.05, 0) is 57.3 Å². The first-order chi connectivity index (χ1) is 13.4. The van der Waals surface area contributed by atoms with Gasteiger partial charge in [0.2, 0.25) is 5.82 Å². The fourth-order valence-corrected chi connectivity index (χ4v) is 4.48. The van der Waals surface area contributed by atoms with Crippen LogP contribution in [0.1, 0.15) is 75.2 Å². The number of imidazole rings is 1. The van der Waals surface area contributed by atoms with Crippen molar-refractivity contribution in [3.63, 3.8) is 0 Å². The summed E-state index contributed by atoms with van der Waals surface area (Å²) >= 11 is 0. The van der Waals surface area contributed by atoms with Crippen molar-refractivity contribution in [2.75, 3.05) is 5.73 Å². The Balaban J connectivity index is 1.55. The number of nitrogen functional groups attached to an aromatic ring is 1. The SMILES string of the molecule is Cc1nc2nc(C(=O)OC(C)C3CCC3)nc(N)c2n1CC1CCC(C)CC1. The Morgan fingerprint density at radius 1 is 1.18 bits per heavy atom. The van der Waals surface area contributed by atoms with Crippen LogP contribution in [0.4, 0.5) is 5.82 Å². The van der Waals surface area contributed by atoms with Crippen LogP contribution >= 0.6 is 0 Å². The normalized spacial score (nSPS) is 24.1. The minimum absolute atomic E-state index is 0.00677. The van der Waals surface area contributed by atoms with Gasteiger partial charge >= 0.3 is 5.97 Å². The number of rotatable bonds is 5. The van der Waals surface area contributed by atoms with Crippen molar-refractivity contribution in [3.8, 4) is 0 Å². The first-order valence-corrected chi connectivity index (χ1v) is 10.6. The lowest BCUT2D eigenvalue weighted by atomic mass is 9.82. The molecule has 4 rings (SSSR count). The van der Waals surface area contributed by atoms with Crippen LogP contribution in [0.25, 0.3) is 11.2 Å². The average molecular weight is 386 g/mol. The second-order valence-electron chi connectivity index (χ2n) is 8.80. The highest BCUT2D eigenvalue weighted by Gasteiger charge is 2.29. The van der Waals surface area contributed by atoms with Gasteiger partial charge in [-0.1, -0.05) is 26.2 Å². The molecule has 0 radical (unpaired) electrons. The quantitative estimate of drug-likeness (QED) is 0.785. The van der Waals surface area contributed by atoms with Crippen LogP contribution in [0.15, 0.2) is 0 Å². The minimum atomic E-state index is -0.513. The van der Waals surface area contributed by atoms with Crippen molar-refractivity contribution in [2.24, 2.45) is 17.8 Å². The molecule has 7 nitrogen and oxygen atoms in total. The first-order valence-electron chi connectivity index (χ1n) is 10.6. The van der Waals surface area contributed by atoms with Gasteiger partial charge in [-0.3, -0.25) is 0 Å². The molecule has 0 bridgehead atoms. The number of aromatic nitrogens is 4. The van der Waals surface area contributed by atoms with Gasteiger partial charge in [-0.2, -0.15) is 0 Å². The number of carbonyl (C=O) groups is 1. The summed E-state index contributed by atoms with van der Waals surface area (Å²) in [7, 11) is 0. The largest absolute Gasteiger partial charge is 0.456 e. The standard InChI is InChI=1S/C21H31N5O2/c1-12-7-9-15(10-8-12)11-26-14(3)23-19-17(26)18(22)24-20(25-19)21(27)28-13(2)16-5-4-6-16/h12-13,15-16H,4-11H2,1-3H3,(H2,22,24,25). The zero-order valence-corrected chi connectivity index (χ0v) is 17.1. The summed E-state index contributed by atoms with van der Waals surface area (Å²) in [5, 5.41) is 0. The van der Waals surface area contributed by atoms with Crippen molar-refractivity contribution in [1.29, 1.82) is 0 Å². The Labute approximate surface area is 166 Å². The number of aryl methyl sites for hydroxylation is 1. The maximum atomic E-state index is 12.5. The van der Waals surface area contributed by atoms with Crippen LogP contribution in [0.5, 0.6) is 0 Å². The molecule has 0 aromatic carbocycles. The summed E-state index contributed by atoms with van der Waals surface area (Å²) in [4.78, 5) is 25.7. The molecule has 0 spiro atoms. The number of hydrogen-bond acceptors (Lipinski definition) is 6. The smallest absolute Gasteiger partial charge is 0.376 e. The lowest BCUT2D eigenvalue weighted by Crippen LogP contribution is -2.29. The number of esters is 1. The van der Waals surface area contributed by atoms with E-state index in [0.717, 1.165) is 36.6 Å². The summed E-state index contributed by atoms with van der Waals surface area (Å²) in [6, 6.07) is 0. The molecule has 2 fully saturated rings. The second-order valence-corrected chi connectivity index (χ2v) is 8.80. The highest BCUT2D eigenvalue weighted by Crippen LogP contribution is 2.32. The Morgan fingerprint density at radius 2 is 1.89 bits per heavy atom. The molecule has 152 valence electrons. The third kappa shape index (κ3) is 3.71. The molecule has 1 atom stereocenters. The molecule has 0 saturated heterocycles. The molecule has 1 unspecified atom stereocenters. The zero-order valence-electron chi connectivity index (χ0n) is 17.1. The van der Waals surface area contributed by atoms with E-state index >= 15 is 0 Å². The van der Waals surface area contributed by atoms with E-state index in [4.69, 9.17) is 10.5 Å². The van der Waals surface area contributed by atoms with Crippen molar-refractivity contribution in [2.45, 2.75) is 78.4 Å². The molecule has 0 aliphatic heterocycles. The van der Waals surface area contributed by atoms with Gasteiger partial charge in [0.05, 0.1) is 0 Å². The van der Waals surface area contributed by atoms with Gasteiger partial charge in [-0.25, -0.2) is 19.7 Å². The fraction of sp³-hybridized carbons (Fsp3) is 0.714. The van der Waals surface area contributed by atoms with Crippen molar-refractivity contribution in [1.82, 2.24) is 19.5 Å². The molecule has 2 heterocycles. The van der Waals surface area contributed by atoms with Gasteiger partial charge < -0.3 is 15.0 Å². The Hall–Kier alpha value is -2.18. The number of nitrogens with zero attached hydrogens (tertiary/aromatic N) is 4. The maximum absolute atomic E-state index is 12.5. The van der Waals surface area contributed by atoms with Crippen molar-refractivity contribution in [3.05, 3.63) is 11.6 Å². The van der Waals surface area contributed by atoms with Crippen LogP contribution in [-0.4, -0.2) is 31.6 Å². The molecular weight excluding hydrogens is 354 g/mol. The predicted molar refractivity (Wildman–Crippen MR) is 108 cm³/mol. The average Bonchev–Trinajstić information content (AvgIpc) is 2.91. The van der Waals surface area contributed by atoms with E-state index in [2.05, 4.69) is 26.4 Å². The highest BCUT2D eigenvalue weighted by molar-refractivity contribution is 5.91. The van der Waals surface area contributed by atoms with E-state index < -0.39 is 5.97 Å². The van der Waals surface area contributed by atoms with Crippen LogP contribution in [0, 0.1) is 24.7 Å².